The van der Waals surface area contributed by atoms with E-state index in [4.69, 9.17) is 0 Å². The molecule has 11 heavy (non-hydrogen) atoms. The number of azo groups is 1. The van der Waals surface area contributed by atoms with Gasteiger partial charge in [0.1, 0.15) is 0 Å². The quantitative estimate of drug-likeness (QED) is 0.378. The monoisotopic (exact) mass is 552 g/mol. The Morgan fingerprint density at radius 3 is 2.55 bits per heavy atom. The van der Waals surface area contributed by atoms with Gasteiger partial charge in [0.15, 0.2) is 0 Å². The van der Waals surface area contributed by atoms with Gasteiger partial charge in [0.2, 0.25) is 0 Å². The fraction of sp³-hybridized carbons (Fsp3) is 0.143. The van der Waals surface area contributed by atoms with E-state index < -0.39 is 0 Å². The fourth-order valence-corrected chi connectivity index (χ4v) is 0.554. The van der Waals surface area contributed by atoms with Crippen LogP contribution in [-0.2, 0) is 21.1 Å². The van der Waals surface area contributed by atoms with Crippen molar-refractivity contribution in [1.29, 1.82) is 0 Å². The van der Waals surface area contributed by atoms with Crippen molar-refractivity contribution in [3.05, 3.63) is 30.3 Å². The summed E-state index contributed by atoms with van der Waals surface area (Å²) in [7, 11) is 1.64. The zero-order chi connectivity index (χ0) is 6.53. The van der Waals surface area contributed by atoms with Crippen molar-refractivity contribution in [2.75, 3.05) is 7.05 Å². The van der Waals surface area contributed by atoms with Crippen molar-refractivity contribution in [3.63, 3.8) is 0 Å². The maximum atomic E-state index is 3.78. The molecule has 0 fully saturated rings. The van der Waals surface area contributed by atoms with Crippen molar-refractivity contribution in [2.24, 2.45) is 10.2 Å². The van der Waals surface area contributed by atoms with Crippen molar-refractivity contribution in [3.8, 4) is 0 Å². The molecule has 0 aliphatic heterocycles. The molecule has 0 aliphatic rings. The van der Waals surface area contributed by atoms with E-state index in [1.54, 1.807) is 7.05 Å². The third kappa shape index (κ3) is 5.79. The Balaban J connectivity index is 0. The van der Waals surface area contributed by atoms with Crippen LogP contribution in [0.1, 0.15) is 0 Å². The molecule has 1 aromatic carbocycles. The molecule has 0 spiro atoms. The molecule has 0 saturated heterocycles. The molecule has 1 rings (SSSR count). The Kier molecular flexibility index (Phi) is 11.1. The summed E-state index contributed by atoms with van der Waals surface area (Å²) >= 11 is 0. The molecule has 60 valence electrons. The molecule has 0 unspecified atom stereocenters. The minimum absolute atomic E-state index is 0. The van der Waals surface area contributed by atoms with Crippen LogP contribution in [0.15, 0.2) is 34.5 Å². The summed E-state index contributed by atoms with van der Waals surface area (Å²) in [5, 5.41) is 7.38. The van der Waals surface area contributed by atoms with Gasteiger partial charge in [-0.2, -0.15) is 34.5 Å². The molecule has 1 aromatic rings. The largest absolute Gasteiger partial charge is 0.194 e. The van der Waals surface area contributed by atoms with Gasteiger partial charge in [0.25, 0.3) is 0 Å². The van der Waals surface area contributed by atoms with Gasteiger partial charge in [-0.25, -0.2) is 0 Å². The first kappa shape index (κ1) is 14.1. The Labute approximate surface area is 105 Å². The second-order valence-electron chi connectivity index (χ2n) is 1.55. The molecule has 0 N–H and O–H groups in total. The maximum Gasteiger partial charge on any atom is 0.0491 e. The average molecular weight is 552 g/mol. The van der Waals surface area contributed by atoms with Crippen LogP contribution in [0.4, 0.5) is 5.69 Å². The van der Waals surface area contributed by atoms with E-state index in [-0.39, 0.29) is 52.2 Å². The fourth-order valence-electron chi connectivity index (χ4n) is 0.554. The molecule has 0 saturated carbocycles. The minimum atomic E-state index is 0. The smallest absolute Gasteiger partial charge is 0.0491 e. The van der Waals surface area contributed by atoms with Gasteiger partial charge >= 0.3 is 0 Å². The summed E-state index contributed by atoms with van der Waals surface area (Å²) in [4.78, 5) is 0. The molecule has 0 amide bonds. The van der Waals surface area contributed by atoms with Crippen LogP contribution in [0, 0.1) is 37.2 Å². The third-order valence-electron chi connectivity index (χ3n) is 0.900. The molecular weight excluding hydrogens is 545 g/mol. The van der Waals surface area contributed by atoms with Gasteiger partial charge in [-0.1, -0.05) is 0 Å². The van der Waals surface area contributed by atoms with E-state index in [1.165, 1.54) is 0 Å². The number of hydrogen-bond acceptors (Lipinski definition) is 2. The SMILES string of the molecule is CN=Nc1[c-]cccc1.[Pt].[U]. The summed E-state index contributed by atoms with van der Waals surface area (Å²) in [6.07, 6.45) is 0. The van der Waals surface area contributed by atoms with Gasteiger partial charge < -0.3 is 0 Å². The molecular formula is C7H7N2PtU-. The van der Waals surface area contributed by atoms with Gasteiger partial charge in [0.05, 0.1) is 0 Å². The molecule has 4 heteroatoms. The number of benzene rings is 1. The molecule has 0 bridgehead atoms. The van der Waals surface area contributed by atoms with E-state index in [2.05, 4.69) is 16.3 Å². The van der Waals surface area contributed by atoms with Crippen LogP contribution in [0.3, 0.4) is 0 Å². The van der Waals surface area contributed by atoms with E-state index in [0.29, 0.717) is 0 Å². The zero-order valence-electron chi connectivity index (χ0n) is 6.02. The predicted molar refractivity (Wildman–Crippen MR) is 35.7 cm³/mol. The van der Waals surface area contributed by atoms with Crippen LogP contribution in [0.5, 0.6) is 0 Å². The first-order valence-electron chi connectivity index (χ1n) is 2.70. The Hall–Kier alpha value is 0.560. The summed E-state index contributed by atoms with van der Waals surface area (Å²) in [5.41, 5.74) is 0.778. The normalized spacial score (nSPS) is 8.45. The molecule has 0 radical (unpaired) electrons. The van der Waals surface area contributed by atoms with E-state index in [9.17, 15) is 0 Å². The summed E-state index contributed by atoms with van der Waals surface area (Å²) in [6.45, 7) is 0. The molecule has 0 aromatic heterocycles. The van der Waals surface area contributed by atoms with Crippen LogP contribution in [0.25, 0.3) is 0 Å². The minimum Gasteiger partial charge on any atom is -0.194 e. The maximum absolute atomic E-state index is 3.78. The Morgan fingerprint density at radius 1 is 1.36 bits per heavy atom. The summed E-state index contributed by atoms with van der Waals surface area (Å²) < 4.78 is 0. The van der Waals surface area contributed by atoms with E-state index in [1.807, 2.05) is 24.3 Å². The molecule has 0 heterocycles. The summed E-state index contributed by atoms with van der Waals surface area (Å²) in [6, 6.07) is 10.4. The van der Waals surface area contributed by atoms with Crippen molar-refractivity contribution in [1.82, 2.24) is 0 Å². The van der Waals surface area contributed by atoms with Gasteiger partial charge in [-0.3, -0.25) is 0 Å². The average Bonchev–Trinajstić information content (AvgIpc) is 1.91. The summed E-state index contributed by atoms with van der Waals surface area (Å²) in [5.74, 6) is 0. The van der Waals surface area contributed by atoms with Crippen molar-refractivity contribution in [2.45, 2.75) is 0 Å². The Bertz CT molecular complexity index is 201. The van der Waals surface area contributed by atoms with Crippen LogP contribution >= 0.6 is 0 Å². The van der Waals surface area contributed by atoms with Crippen LogP contribution < -0.4 is 0 Å². The van der Waals surface area contributed by atoms with Gasteiger partial charge in [-0.05, 0) is 5.69 Å². The van der Waals surface area contributed by atoms with E-state index in [0.717, 1.165) is 5.69 Å². The third-order valence-corrected chi connectivity index (χ3v) is 0.900. The molecule has 0 atom stereocenters. The van der Waals surface area contributed by atoms with Crippen LogP contribution in [0.2, 0.25) is 0 Å². The van der Waals surface area contributed by atoms with E-state index >= 15 is 0 Å². The second-order valence-corrected chi connectivity index (χ2v) is 1.55. The Morgan fingerprint density at radius 2 is 2.09 bits per heavy atom. The standard InChI is InChI=1S/C7H7N2.Pt.U/c1-8-9-7-5-3-2-4-6-7;;/h2-5H,1H3;;/q-1;;. The zero-order valence-corrected chi connectivity index (χ0v) is 12.5. The first-order chi connectivity index (χ1) is 4.43. The number of rotatable bonds is 1. The van der Waals surface area contributed by atoms with Crippen molar-refractivity contribution < 1.29 is 52.2 Å². The van der Waals surface area contributed by atoms with Crippen LogP contribution in [-0.4, -0.2) is 7.05 Å². The first-order valence-corrected chi connectivity index (χ1v) is 2.70. The number of nitrogens with zero attached hydrogens (tertiary/aromatic N) is 2. The van der Waals surface area contributed by atoms with Gasteiger partial charge in [0, 0.05) is 59.2 Å². The number of hydrogen-bond donors (Lipinski definition) is 0. The topological polar surface area (TPSA) is 24.7 Å². The predicted octanol–water partition coefficient (Wildman–Crippen LogP) is 2.20. The molecule has 0 aliphatic carbocycles. The van der Waals surface area contributed by atoms with Gasteiger partial charge in [-0.15, -0.1) is 6.07 Å². The van der Waals surface area contributed by atoms with Crippen molar-refractivity contribution >= 4 is 5.69 Å². The second kappa shape index (κ2) is 8.65. The molecule has 2 nitrogen and oxygen atoms in total.